The zero-order chi connectivity index (χ0) is 15.5. The van der Waals surface area contributed by atoms with Crippen molar-refractivity contribution in [2.24, 2.45) is 0 Å². The molecule has 0 bridgehead atoms. The summed E-state index contributed by atoms with van der Waals surface area (Å²) in [6.45, 7) is 0.228. The summed E-state index contributed by atoms with van der Waals surface area (Å²) in [6, 6.07) is 5.27. The maximum Gasteiger partial charge on any atom is 0.337 e. The first-order valence-corrected chi connectivity index (χ1v) is 8.26. The predicted molar refractivity (Wildman–Crippen MR) is 76.4 cm³/mol. The zero-order valence-electron chi connectivity index (χ0n) is 11.9. The molecule has 116 valence electrons. The summed E-state index contributed by atoms with van der Waals surface area (Å²) < 4.78 is 31.1. The van der Waals surface area contributed by atoms with Crippen molar-refractivity contribution in [3.63, 3.8) is 0 Å². The van der Waals surface area contributed by atoms with Gasteiger partial charge in [-0.1, -0.05) is 6.42 Å². The number of aliphatic hydroxyl groups excluding tert-OH is 1. The van der Waals surface area contributed by atoms with Crippen LogP contribution in [0.2, 0.25) is 0 Å². The molecular weight excluding hydrogens is 294 g/mol. The second-order valence-corrected chi connectivity index (χ2v) is 6.85. The molecular formula is C14H19NO5S. The minimum atomic E-state index is -3.65. The fourth-order valence-corrected chi connectivity index (χ4v) is 4.17. The molecule has 1 aromatic rings. The van der Waals surface area contributed by atoms with Gasteiger partial charge >= 0.3 is 5.97 Å². The van der Waals surface area contributed by atoms with Crippen LogP contribution in [0.5, 0.6) is 0 Å². The van der Waals surface area contributed by atoms with E-state index < -0.39 is 16.0 Å². The quantitative estimate of drug-likeness (QED) is 0.839. The van der Waals surface area contributed by atoms with E-state index in [1.165, 1.54) is 35.7 Å². The molecule has 1 unspecified atom stereocenters. The molecule has 0 aromatic heterocycles. The molecule has 2 rings (SSSR count). The number of ether oxygens (including phenoxy) is 1. The van der Waals surface area contributed by atoms with E-state index in [9.17, 15) is 18.3 Å². The van der Waals surface area contributed by atoms with E-state index in [0.717, 1.165) is 12.8 Å². The molecule has 1 heterocycles. The Kier molecular flexibility index (Phi) is 4.97. The summed E-state index contributed by atoms with van der Waals surface area (Å²) in [7, 11) is -2.38. The minimum Gasteiger partial charge on any atom is -0.465 e. The Balaban J connectivity index is 2.28. The van der Waals surface area contributed by atoms with Gasteiger partial charge in [0.1, 0.15) is 0 Å². The molecule has 21 heavy (non-hydrogen) atoms. The molecule has 0 radical (unpaired) electrons. The second-order valence-electron chi connectivity index (χ2n) is 4.96. The van der Waals surface area contributed by atoms with Crippen molar-refractivity contribution in [3.8, 4) is 0 Å². The number of aliphatic hydroxyl groups is 1. The Hall–Kier alpha value is -1.44. The van der Waals surface area contributed by atoms with Crippen LogP contribution in [-0.4, -0.2) is 50.1 Å². The number of carbonyl (C=O) groups is 1. The number of rotatable bonds is 4. The maximum atomic E-state index is 12.6. The summed E-state index contributed by atoms with van der Waals surface area (Å²) in [5, 5.41) is 9.35. The normalized spacial score (nSPS) is 20.2. The number of methoxy groups -OCH3 is 1. The summed E-state index contributed by atoms with van der Waals surface area (Å²) >= 11 is 0. The smallest absolute Gasteiger partial charge is 0.337 e. The second kappa shape index (κ2) is 6.55. The molecule has 7 heteroatoms. The molecule has 1 aliphatic rings. The van der Waals surface area contributed by atoms with Crippen molar-refractivity contribution in [1.82, 2.24) is 4.31 Å². The van der Waals surface area contributed by atoms with Crippen molar-refractivity contribution in [1.29, 1.82) is 0 Å². The highest BCUT2D eigenvalue weighted by Crippen LogP contribution is 2.25. The standard InChI is InChI=1S/C14H19NO5S/c1-20-14(17)11-5-7-13(8-6-11)21(18,19)15-9-3-2-4-12(15)10-16/h5-8,12,16H,2-4,9-10H2,1H3. The van der Waals surface area contributed by atoms with Crippen LogP contribution in [0.1, 0.15) is 29.6 Å². The molecule has 0 amide bonds. The van der Waals surface area contributed by atoms with E-state index in [0.29, 0.717) is 18.5 Å². The monoisotopic (exact) mass is 313 g/mol. The van der Waals surface area contributed by atoms with Gasteiger partial charge in [0.15, 0.2) is 0 Å². The summed E-state index contributed by atoms with van der Waals surface area (Å²) in [5.74, 6) is -0.509. The molecule has 0 spiro atoms. The van der Waals surface area contributed by atoms with Gasteiger partial charge in [-0.3, -0.25) is 0 Å². The van der Waals surface area contributed by atoms with Crippen LogP contribution < -0.4 is 0 Å². The van der Waals surface area contributed by atoms with Gasteiger partial charge in [0.05, 0.1) is 24.2 Å². The number of hydrogen-bond donors (Lipinski definition) is 1. The lowest BCUT2D eigenvalue weighted by molar-refractivity contribution is 0.0600. The number of piperidine rings is 1. The first-order valence-electron chi connectivity index (χ1n) is 6.82. The molecule has 1 N–H and O–H groups in total. The first-order chi connectivity index (χ1) is 10.0. The highest BCUT2D eigenvalue weighted by atomic mass is 32.2. The molecule has 1 aliphatic heterocycles. The fraction of sp³-hybridized carbons (Fsp3) is 0.500. The number of carbonyl (C=O) groups excluding carboxylic acids is 1. The number of nitrogens with zero attached hydrogens (tertiary/aromatic N) is 1. The van der Waals surface area contributed by atoms with Crippen molar-refractivity contribution in [2.45, 2.75) is 30.2 Å². The zero-order valence-corrected chi connectivity index (χ0v) is 12.7. The molecule has 6 nitrogen and oxygen atoms in total. The van der Waals surface area contributed by atoms with Crippen LogP contribution in [0.25, 0.3) is 0 Å². The topological polar surface area (TPSA) is 83.9 Å². The lowest BCUT2D eigenvalue weighted by Gasteiger charge is -2.33. The number of benzene rings is 1. The molecule has 1 saturated heterocycles. The third-order valence-electron chi connectivity index (χ3n) is 3.67. The van der Waals surface area contributed by atoms with Crippen LogP contribution in [0.3, 0.4) is 0 Å². The third-order valence-corrected chi connectivity index (χ3v) is 5.63. The maximum absolute atomic E-state index is 12.6. The Morgan fingerprint density at radius 2 is 2.00 bits per heavy atom. The molecule has 1 fully saturated rings. The Morgan fingerprint density at radius 3 is 2.57 bits per heavy atom. The minimum absolute atomic E-state index is 0.121. The van der Waals surface area contributed by atoms with E-state index >= 15 is 0 Å². The van der Waals surface area contributed by atoms with Gasteiger partial charge < -0.3 is 9.84 Å². The third kappa shape index (κ3) is 3.25. The average molecular weight is 313 g/mol. The number of esters is 1. The first kappa shape index (κ1) is 15.9. The van der Waals surface area contributed by atoms with E-state index in [1.807, 2.05) is 0 Å². The largest absolute Gasteiger partial charge is 0.465 e. The SMILES string of the molecule is COC(=O)c1ccc(S(=O)(=O)N2CCCCC2CO)cc1. The Morgan fingerprint density at radius 1 is 1.33 bits per heavy atom. The van der Waals surface area contributed by atoms with E-state index in [-0.39, 0.29) is 17.5 Å². The molecule has 1 aromatic carbocycles. The van der Waals surface area contributed by atoms with Crippen molar-refractivity contribution < 1.29 is 23.1 Å². The van der Waals surface area contributed by atoms with Crippen molar-refractivity contribution in [3.05, 3.63) is 29.8 Å². The molecule has 0 aliphatic carbocycles. The van der Waals surface area contributed by atoms with Crippen LogP contribution in [0.15, 0.2) is 29.2 Å². The van der Waals surface area contributed by atoms with E-state index in [2.05, 4.69) is 4.74 Å². The van der Waals surface area contributed by atoms with Gasteiger partial charge in [-0.05, 0) is 37.1 Å². The number of hydrogen-bond acceptors (Lipinski definition) is 5. The fourth-order valence-electron chi connectivity index (χ4n) is 2.49. The average Bonchev–Trinajstić information content (AvgIpc) is 2.54. The summed E-state index contributed by atoms with van der Waals surface area (Å²) in [4.78, 5) is 11.5. The van der Waals surface area contributed by atoms with Crippen LogP contribution in [0.4, 0.5) is 0 Å². The van der Waals surface area contributed by atoms with Crippen LogP contribution >= 0.6 is 0 Å². The van der Waals surface area contributed by atoms with Crippen molar-refractivity contribution in [2.75, 3.05) is 20.3 Å². The lowest BCUT2D eigenvalue weighted by atomic mass is 10.1. The van der Waals surface area contributed by atoms with Gasteiger partial charge in [-0.2, -0.15) is 4.31 Å². The van der Waals surface area contributed by atoms with Gasteiger partial charge in [0.2, 0.25) is 10.0 Å². The predicted octanol–water partition coefficient (Wildman–Crippen LogP) is 1.01. The van der Waals surface area contributed by atoms with Gasteiger partial charge in [-0.15, -0.1) is 0 Å². The Labute approximate surface area is 124 Å². The van der Waals surface area contributed by atoms with Gasteiger partial charge in [0.25, 0.3) is 0 Å². The Bertz CT molecular complexity index is 596. The lowest BCUT2D eigenvalue weighted by Crippen LogP contribution is -2.45. The molecule has 1 atom stereocenters. The van der Waals surface area contributed by atoms with Crippen LogP contribution in [-0.2, 0) is 14.8 Å². The van der Waals surface area contributed by atoms with Crippen LogP contribution in [0, 0.1) is 0 Å². The highest BCUT2D eigenvalue weighted by molar-refractivity contribution is 7.89. The summed E-state index contributed by atoms with van der Waals surface area (Å²) in [5.41, 5.74) is 0.300. The van der Waals surface area contributed by atoms with Gasteiger partial charge in [0, 0.05) is 12.6 Å². The van der Waals surface area contributed by atoms with Gasteiger partial charge in [-0.25, -0.2) is 13.2 Å². The number of sulfonamides is 1. The van der Waals surface area contributed by atoms with E-state index in [1.54, 1.807) is 0 Å². The molecule has 0 saturated carbocycles. The highest BCUT2D eigenvalue weighted by Gasteiger charge is 2.33. The van der Waals surface area contributed by atoms with E-state index in [4.69, 9.17) is 0 Å². The van der Waals surface area contributed by atoms with Crippen molar-refractivity contribution >= 4 is 16.0 Å². The summed E-state index contributed by atoms with van der Waals surface area (Å²) in [6.07, 6.45) is 2.37.